The number of halogens is 2. The van der Waals surface area contributed by atoms with E-state index in [9.17, 15) is 13.9 Å². The van der Waals surface area contributed by atoms with Crippen LogP contribution in [0.3, 0.4) is 0 Å². The number of benzene rings is 2. The van der Waals surface area contributed by atoms with E-state index in [-0.39, 0.29) is 23.0 Å². The van der Waals surface area contributed by atoms with Crippen molar-refractivity contribution < 1.29 is 18.4 Å². The van der Waals surface area contributed by atoms with Crippen LogP contribution in [0.15, 0.2) is 40.9 Å². The maximum Gasteiger partial charge on any atom is 0.258 e. The van der Waals surface area contributed by atoms with E-state index in [1.54, 1.807) is 19.1 Å². The highest BCUT2D eigenvalue weighted by Gasteiger charge is 2.14. The van der Waals surface area contributed by atoms with Gasteiger partial charge in [-0.05, 0) is 42.8 Å². The summed E-state index contributed by atoms with van der Waals surface area (Å²) < 4.78 is 31.5. The minimum absolute atomic E-state index is 0.0934. The van der Waals surface area contributed by atoms with Gasteiger partial charge < -0.3 is 9.63 Å². The van der Waals surface area contributed by atoms with Crippen LogP contribution < -0.4 is 0 Å². The van der Waals surface area contributed by atoms with Crippen molar-refractivity contribution in [2.24, 2.45) is 0 Å². The van der Waals surface area contributed by atoms with Crippen molar-refractivity contribution in [3.8, 4) is 28.6 Å². The lowest BCUT2D eigenvalue weighted by atomic mass is 10.1. The van der Waals surface area contributed by atoms with Crippen LogP contribution in [0.1, 0.15) is 5.56 Å². The minimum Gasteiger partial charge on any atom is -0.508 e. The number of nitrogens with zero attached hydrogens (tertiary/aromatic N) is 2. The van der Waals surface area contributed by atoms with Gasteiger partial charge in [-0.2, -0.15) is 4.98 Å². The van der Waals surface area contributed by atoms with Gasteiger partial charge in [0.15, 0.2) is 0 Å². The number of aryl methyl sites for hydroxylation is 1. The molecule has 0 aliphatic rings. The zero-order valence-electron chi connectivity index (χ0n) is 11.0. The first-order valence-corrected chi connectivity index (χ1v) is 6.13. The molecule has 3 rings (SSSR count). The van der Waals surface area contributed by atoms with Crippen LogP contribution in [-0.2, 0) is 0 Å². The normalized spacial score (nSPS) is 10.8. The molecule has 3 aromatic rings. The Labute approximate surface area is 118 Å². The van der Waals surface area contributed by atoms with Crippen LogP contribution in [0.5, 0.6) is 5.75 Å². The summed E-state index contributed by atoms with van der Waals surface area (Å²) in [6.07, 6.45) is 0. The summed E-state index contributed by atoms with van der Waals surface area (Å²) in [5.41, 5.74) is 1.58. The molecule has 6 heteroatoms. The number of phenols is 1. The third-order valence-electron chi connectivity index (χ3n) is 2.99. The van der Waals surface area contributed by atoms with Crippen molar-refractivity contribution in [2.45, 2.75) is 6.92 Å². The zero-order chi connectivity index (χ0) is 15.0. The van der Waals surface area contributed by atoms with Crippen molar-refractivity contribution in [1.29, 1.82) is 0 Å². The maximum absolute atomic E-state index is 13.2. The lowest BCUT2D eigenvalue weighted by Crippen LogP contribution is -1.87. The molecule has 1 aromatic heterocycles. The summed E-state index contributed by atoms with van der Waals surface area (Å²) in [4.78, 5) is 4.13. The van der Waals surface area contributed by atoms with E-state index in [2.05, 4.69) is 10.1 Å². The predicted molar refractivity (Wildman–Crippen MR) is 71.5 cm³/mol. The molecule has 0 spiro atoms. The molecule has 1 heterocycles. The molecule has 0 bridgehead atoms. The number of aromatic nitrogens is 2. The minimum atomic E-state index is -0.711. The molecule has 2 aromatic carbocycles. The Bertz CT molecular complexity index is 795. The van der Waals surface area contributed by atoms with Crippen LogP contribution in [0.2, 0.25) is 0 Å². The van der Waals surface area contributed by atoms with Crippen molar-refractivity contribution >= 4 is 0 Å². The van der Waals surface area contributed by atoms with E-state index < -0.39 is 11.6 Å². The van der Waals surface area contributed by atoms with Gasteiger partial charge in [0.25, 0.3) is 5.89 Å². The largest absolute Gasteiger partial charge is 0.508 e. The summed E-state index contributed by atoms with van der Waals surface area (Å²) in [5.74, 6) is -0.986. The van der Waals surface area contributed by atoms with Gasteiger partial charge in [-0.3, -0.25) is 0 Å². The van der Waals surface area contributed by atoms with Crippen LogP contribution >= 0.6 is 0 Å². The molecule has 0 radical (unpaired) electrons. The van der Waals surface area contributed by atoms with Crippen LogP contribution in [0.4, 0.5) is 8.78 Å². The molecule has 0 fully saturated rings. The Morgan fingerprint density at radius 3 is 2.43 bits per heavy atom. The molecule has 21 heavy (non-hydrogen) atoms. The number of rotatable bonds is 2. The molecule has 0 amide bonds. The van der Waals surface area contributed by atoms with Crippen molar-refractivity contribution in [2.75, 3.05) is 0 Å². The highest BCUT2D eigenvalue weighted by Crippen LogP contribution is 2.27. The van der Waals surface area contributed by atoms with Crippen molar-refractivity contribution in [3.05, 3.63) is 53.6 Å². The topological polar surface area (TPSA) is 59.2 Å². The van der Waals surface area contributed by atoms with E-state index in [1.807, 2.05) is 0 Å². The Morgan fingerprint density at radius 2 is 1.76 bits per heavy atom. The fourth-order valence-corrected chi connectivity index (χ4v) is 2.02. The van der Waals surface area contributed by atoms with Gasteiger partial charge >= 0.3 is 0 Å². The lowest BCUT2D eigenvalue weighted by Gasteiger charge is -2.00. The van der Waals surface area contributed by atoms with E-state index in [1.165, 1.54) is 6.07 Å². The van der Waals surface area contributed by atoms with Crippen LogP contribution in [-0.4, -0.2) is 15.2 Å². The molecule has 0 aliphatic carbocycles. The Kier molecular flexibility index (Phi) is 3.13. The molecule has 0 saturated carbocycles. The van der Waals surface area contributed by atoms with Gasteiger partial charge in [-0.15, -0.1) is 0 Å². The average molecular weight is 288 g/mol. The molecule has 0 aliphatic heterocycles. The van der Waals surface area contributed by atoms with Gasteiger partial charge in [-0.1, -0.05) is 5.16 Å². The second-order valence-corrected chi connectivity index (χ2v) is 4.58. The third-order valence-corrected chi connectivity index (χ3v) is 2.99. The van der Waals surface area contributed by atoms with Gasteiger partial charge in [0.1, 0.15) is 17.4 Å². The molecule has 0 unspecified atom stereocenters. The summed E-state index contributed by atoms with van der Waals surface area (Å²) in [6.45, 7) is 1.78. The van der Waals surface area contributed by atoms with E-state index in [0.717, 1.165) is 23.8 Å². The number of hydrogen-bond donors (Lipinski definition) is 1. The number of hydrogen-bond acceptors (Lipinski definition) is 4. The lowest BCUT2D eigenvalue weighted by molar-refractivity contribution is 0.431. The van der Waals surface area contributed by atoms with Gasteiger partial charge in [0.05, 0.1) is 0 Å². The SMILES string of the molecule is Cc1cc(O)ccc1-c1nc(-c2cc(F)cc(F)c2)no1. The van der Waals surface area contributed by atoms with Crippen LogP contribution in [0, 0.1) is 18.6 Å². The first-order valence-electron chi connectivity index (χ1n) is 6.13. The molecular formula is C15H10F2N2O2. The quantitative estimate of drug-likeness (QED) is 0.781. The first kappa shape index (κ1) is 13.2. The standard InChI is InChI=1S/C15H10F2N2O2/c1-8-4-12(20)2-3-13(8)15-18-14(19-21-15)9-5-10(16)7-11(17)6-9/h2-7,20H,1H3. The first-order chi connectivity index (χ1) is 10.0. The summed E-state index contributed by atoms with van der Waals surface area (Å²) in [5, 5.41) is 13.1. The molecule has 4 nitrogen and oxygen atoms in total. The van der Waals surface area contributed by atoms with Gasteiger partial charge in [-0.25, -0.2) is 8.78 Å². The van der Waals surface area contributed by atoms with E-state index >= 15 is 0 Å². The number of phenolic OH excluding ortho intramolecular Hbond substituents is 1. The maximum atomic E-state index is 13.2. The molecule has 0 saturated heterocycles. The summed E-state index contributed by atoms with van der Waals surface area (Å²) in [6, 6.07) is 7.71. The third kappa shape index (κ3) is 2.60. The second kappa shape index (κ2) is 4.97. The zero-order valence-corrected chi connectivity index (χ0v) is 11.0. The Hall–Kier alpha value is -2.76. The molecule has 0 atom stereocenters. The Morgan fingerprint density at radius 1 is 1.05 bits per heavy atom. The molecule has 106 valence electrons. The smallest absolute Gasteiger partial charge is 0.258 e. The average Bonchev–Trinajstić information content (AvgIpc) is 2.87. The van der Waals surface area contributed by atoms with Gasteiger partial charge in [0.2, 0.25) is 5.82 Å². The van der Waals surface area contributed by atoms with Gasteiger partial charge in [0, 0.05) is 17.2 Å². The summed E-state index contributed by atoms with van der Waals surface area (Å²) >= 11 is 0. The Balaban J connectivity index is 2.03. The fourth-order valence-electron chi connectivity index (χ4n) is 2.02. The van der Waals surface area contributed by atoms with Crippen LogP contribution in [0.25, 0.3) is 22.8 Å². The highest BCUT2D eigenvalue weighted by atomic mass is 19.1. The summed E-state index contributed by atoms with van der Waals surface area (Å²) in [7, 11) is 0. The monoisotopic (exact) mass is 288 g/mol. The molecular weight excluding hydrogens is 278 g/mol. The predicted octanol–water partition coefficient (Wildman–Crippen LogP) is 3.70. The number of aromatic hydroxyl groups is 1. The highest BCUT2D eigenvalue weighted by molar-refractivity contribution is 5.63. The van der Waals surface area contributed by atoms with E-state index in [4.69, 9.17) is 4.52 Å². The van der Waals surface area contributed by atoms with Crippen molar-refractivity contribution in [1.82, 2.24) is 10.1 Å². The molecule has 1 N–H and O–H groups in total. The fraction of sp³-hybridized carbons (Fsp3) is 0.0667. The second-order valence-electron chi connectivity index (χ2n) is 4.58. The van der Waals surface area contributed by atoms with Crippen molar-refractivity contribution in [3.63, 3.8) is 0 Å². The van der Waals surface area contributed by atoms with E-state index in [0.29, 0.717) is 5.56 Å².